The topological polar surface area (TPSA) is 250 Å². The van der Waals surface area contributed by atoms with Crippen LogP contribution in [0.5, 0.6) is 0 Å². The van der Waals surface area contributed by atoms with Crippen LogP contribution >= 0.6 is 0 Å². The van der Waals surface area contributed by atoms with Gasteiger partial charge in [-0.05, 0) is 88.1 Å². The number of aldehydes is 1. The number of hydrogen-bond donors (Lipinski definition) is 5. The molecule has 0 aliphatic carbocycles. The van der Waals surface area contributed by atoms with Gasteiger partial charge in [-0.1, -0.05) is 90.0 Å². The molecule has 21 nitrogen and oxygen atoms in total. The second-order valence-electron chi connectivity index (χ2n) is 22.3. The number of carbonyl (C=O) groups is 10. The molecule has 0 aromatic heterocycles. The van der Waals surface area contributed by atoms with Gasteiger partial charge in [0.25, 0.3) is 0 Å². The van der Waals surface area contributed by atoms with Gasteiger partial charge in [0.1, 0.15) is 30.5 Å². The number of rotatable bonds is 32. The van der Waals surface area contributed by atoms with Crippen LogP contribution in [0, 0.1) is 41.4 Å². The highest BCUT2D eigenvalue weighted by Crippen LogP contribution is 2.22. The van der Waals surface area contributed by atoms with Crippen molar-refractivity contribution in [3.63, 3.8) is 0 Å². The molecule has 0 spiro atoms. The molecule has 10 amide bonds. The first-order chi connectivity index (χ1) is 33.7. The summed E-state index contributed by atoms with van der Waals surface area (Å²) in [5.41, 5.74) is 0. The van der Waals surface area contributed by atoms with Crippen molar-refractivity contribution >= 4 is 60.1 Å². The Morgan fingerprint density at radius 3 is 1.52 bits per heavy atom. The molecule has 0 aliphatic heterocycles. The third kappa shape index (κ3) is 21.4. The minimum atomic E-state index is -1.20. The van der Waals surface area contributed by atoms with E-state index in [0.717, 1.165) is 11.2 Å². The molecule has 5 N–H and O–H groups in total. The average molecular weight is 1040 g/mol. The van der Waals surface area contributed by atoms with Gasteiger partial charge < -0.3 is 40.3 Å². The van der Waals surface area contributed by atoms with Crippen LogP contribution in [0.25, 0.3) is 0 Å². The number of nitrogens with zero attached hydrogens (tertiary/aromatic N) is 6. The summed E-state index contributed by atoms with van der Waals surface area (Å²) in [7, 11) is 10.6. The zero-order valence-corrected chi connectivity index (χ0v) is 48.3. The summed E-state index contributed by atoms with van der Waals surface area (Å²) in [4.78, 5) is 142. The Labute approximate surface area is 437 Å². The zero-order valence-electron chi connectivity index (χ0n) is 48.3. The Bertz CT molecular complexity index is 1830. The van der Waals surface area contributed by atoms with Crippen LogP contribution in [0.4, 0.5) is 4.79 Å². The van der Waals surface area contributed by atoms with Crippen molar-refractivity contribution in [2.75, 3.05) is 55.9 Å². The number of likely N-dealkylation sites (N-methyl/N-ethyl adjacent to an activating group) is 6. The summed E-state index contributed by atoms with van der Waals surface area (Å²) in [6, 6.07) is -6.50. The standard InChI is InChI=1S/C52H97N11O10/c1-30(2)24-38(53-15)49(70)63(21)52(73)62(20)44(34(9)10)51(72)60(18)40(27-36(13)22-23-64)47(68)56-43(33(7)8)50(71)58(16)28-42(66)59(17)39(25-31(3)4)48(69)57-45(35(11)12)61(19)41(26-32(5)6)55-37(14)46(67)54-29-65/h23,29-41,43-45,53,55H,22,24-28H2,1-21H3,(H,56,68)(H,57,69)(H,54,65,67)/t36-,37-,38+,39+,40+,41+,43?,44?,45?/m1/s1. The Morgan fingerprint density at radius 1 is 0.548 bits per heavy atom. The second kappa shape index (κ2) is 32.3. The van der Waals surface area contributed by atoms with E-state index in [2.05, 4.69) is 26.6 Å². The highest BCUT2D eigenvalue weighted by atomic mass is 16.2. The van der Waals surface area contributed by atoms with Crippen molar-refractivity contribution in [1.82, 2.24) is 56.0 Å². The Kier molecular flexibility index (Phi) is 30.1. The van der Waals surface area contributed by atoms with Gasteiger partial charge in [0.2, 0.25) is 47.8 Å². The van der Waals surface area contributed by atoms with Crippen LogP contribution in [-0.4, -0.2) is 194 Å². The number of imide groups is 2. The maximum atomic E-state index is 14.5. The molecule has 0 saturated carbocycles. The van der Waals surface area contributed by atoms with Crippen molar-refractivity contribution in [3.8, 4) is 0 Å². The summed E-state index contributed by atoms with van der Waals surface area (Å²) in [5.74, 6) is -4.92. The van der Waals surface area contributed by atoms with E-state index in [1.54, 1.807) is 48.6 Å². The van der Waals surface area contributed by atoms with Crippen LogP contribution in [0.15, 0.2) is 0 Å². The molecule has 0 heterocycles. The van der Waals surface area contributed by atoms with Crippen LogP contribution in [0.2, 0.25) is 0 Å². The molecule has 73 heavy (non-hydrogen) atoms. The van der Waals surface area contributed by atoms with Crippen molar-refractivity contribution in [2.24, 2.45) is 41.4 Å². The number of carbonyl (C=O) groups excluding carboxylic acids is 10. The largest absolute Gasteiger partial charge is 0.342 e. The number of nitrogens with one attached hydrogen (secondary N) is 5. The molecule has 0 aliphatic rings. The summed E-state index contributed by atoms with van der Waals surface area (Å²) in [6.07, 6.45) is 1.61. The van der Waals surface area contributed by atoms with Crippen molar-refractivity contribution < 1.29 is 47.9 Å². The summed E-state index contributed by atoms with van der Waals surface area (Å²) < 4.78 is 0. The molecule has 3 unspecified atom stereocenters. The zero-order chi connectivity index (χ0) is 56.9. The van der Waals surface area contributed by atoms with E-state index in [0.29, 0.717) is 25.7 Å². The van der Waals surface area contributed by atoms with E-state index < -0.39 is 114 Å². The molecule has 21 heteroatoms. The van der Waals surface area contributed by atoms with Gasteiger partial charge in [-0.3, -0.25) is 58.8 Å². The molecule has 0 radical (unpaired) electrons. The lowest BCUT2D eigenvalue weighted by Gasteiger charge is -2.41. The molecule has 0 rings (SSSR count). The SMILES string of the molecule is CN[C@@H](CC(C)C)C(=O)N(C)C(=O)N(C)C(C(=O)N(C)[C@@H](C[C@H](C)CC=O)C(=O)NC(C(=O)N(C)CC(=O)N(C)[C@@H](CC(C)C)C(=O)NC(C(C)C)N(C)[C@@H](CC(C)C)N[C@H](C)C(=O)NC=O)C(C)C)C(C)C. The van der Waals surface area contributed by atoms with Gasteiger partial charge in [0.15, 0.2) is 0 Å². The Balaban J connectivity index is 6.71. The summed E-state index contributed by atoms with van der Waals surface area (Å²) in [5, 5.41) is 14.4. The predicted octanol–water partition coefficient (Wildman–Crippen LogP) is 2.72. The van der Waals surface area contributed by atoms with Gasteiger partial charge in [-0.2, -0.15) is 0 Å². The van der Waals surface area contributed by atoms with E-state index in [-0.39, 0.29) is 42.4 Å². The summed E-state index contributed by atoms with van der Waals surface area (Å²) in [6.45, 7) is 25.6. The fourth-order valence-corrected chi connectivity index (χ4v) is 8.81. The highest BCUT2D eigenvalue weighted by Gasteiger charge is 2.41. The molecule has 0 bridgehead atoms. The fraction of sp³-hybridized carbons (Fsp3) is 0.808. The first-order valence-electron chi connectivity index (χ1n) is 26.0. The van der Waals surface area contributed by atoms with E-state index in [9.17, 15) is 47.9 Å². The van der Waals surface area contributed by atoms with Gasteiger partial charge >= 0.3 is 6.03 Å². The lowest BCUT2D eigenvalue weighted by Crippen LogP contribution is -2.62. The fourth-order valence-electron chi connectivity index (χ4n) is 8.81. The molecular formula is C52H97N11O10. The maximum absolute atomic E-state index is 14.5. The van der Waals surface area contributed by atoms with Crippen LogP contribution in [0.3, 0.4) is 0 Å². The first kappa shape index (κ1) is 68.0. The quantitative estimate of drug-likeness (QED) is 0.0481. The third-order valence-corrected chi connectivity index (χ3v) is 13.2. The third-order valence-electron chi connectivity index (χ3n) is 13.2. The molecule has 0 aromatic carbocycles. The molecule has 0 saturated heterocycles. The van der Waals surface area contributed by atoms with Gasteiger partial charge in [-0.15, -0.1) is 0 Å². The van der Waals surface area contributed by atoms with Gasteiger partial charge in [0, 0.05) is 41.7 Å². The van der Waals surface area contributed by atoms with Crippen molar-refractivity contribution in [1.29, 1.82) is 0 Å². The second-order valence-corrected chi connectivity index (χ2v) is 22.3. The normalized spacial score (nSPS) is 15.5. The number of urea groups is 1. The number of hydrogen-bond acceptors (Lipinski definition) is 13. The number of amides is 10. The van der Waals surface area contributed by atoms with Crippen LogP contribution in [-0.2, 0) is 43.2 Å². The molecule has 420 valence electrons. The monoisotopic (exact) mass is 1040 g/mol. The Morgan fingerprint density at radius 2 is 1.07 bits per heavy atom. The molecule has 0 fully saturated rings. The lowest BCUT2D eigenvalue weighted by molar-refractivity contribution is -0.147. The van der Waals surface area contributed by atoms with Gasteiger partial charge in [0.05, 0.1) is 31.0 Å². The maximum Gasteiger partial charge on any atom is 0.326 e. The van der Waals surface area contributed by atoms with Crippen LogP contribution < -0.4 is 26.6 Å². The minimum absolute atomic E-state index is 0.0196. The van der Waals surface area contributed by atoms with Gasteiger partial charge in [-0.25, -0.2) is 4.79 Å². The predicted molar refractivity (Wildman–Crippen MR) is 283 cm³/mol. The molecule has 9 atom stereocenters. The van der Waals surface area contributed by atoms with Crippen molar-refractivity contribution in [2.45, 2.75) is 178 Å². The average Bonchev–Trinajstić information content (AvgIpc) is 3.29. The minimum Gasteiger partial charge on any atom is -0.342 e. The van der Waals surface area contributed by atoms with E-state index in [1.807, 2.05) is 67.3 Å². The Hall–Kier alpha value is -5.02. The van der Waals surface area contributed by atoms with E-state index in [1.165, 1.54) is 54.8 Å². The summed E-state index contributed by atoms with van der Waals surface area (Å²) >= 11 is 0. The first-order valence-corrected chi connectivity index (χ1v) is 26.0. The van der Waals surface area contributed by atoms with Crippen molar-refractivity contribution in [3.05, 3.63) is 0 Å². The molecule has 0 aromatic rings. The molecular weight excluding hydrogens is 939 g/mol. The van der Waals surface area contributed by atoms with E-state index >= 15 is 0 Å². The smallest absolute Gasteiger partial charge is 0.326 e. The highest BCUT2D eigenvalue weighted by molar-refractivity contribution is 5.99. The lowest BCUT2D eigenvalue weighted by atomic mass is 9.94. The van der Waals surface area contributed by atoms with E-state index in [4.69, 9.17) is 0 Å². The van der Waals surface area contributed by atoms with Crippen LogP contribution in [0.1, 0.15) is 129 Å².